The number of hydrogen-bond donors (Lipinski definition) is 0. The minimum atomic E-state index is -3.45. The Hall–Kier alpha value is -6.27. The van der Waals surface area contributed by atoms with Crippen LogP contribution in [0.3, 0.4) is 0 Å². The molecular formula is C56H39OP. The van der Waals surface area contributed by atoms with Crippen LogP contribution in [-0.2, 0) is 15.4 Å². The van der Waals surface area contributed by atoms with E-state index in [-0.39, 0.29) is 0 Å². The molecule has 2 spiro atoms. The maximum atomic E-state index is 17.0. The summed E-state index contributed by atoms with van der Waals surface area (Å²) in [6.45, 7) is 0. The highest BCUT2D eigenvalue weighted by molar-refractivity contribution is 7.85. The Bertz CT molecular complexity index is 3110. The number of fused-ring (bicyclic) bond motifs is 18. The van der Waals surface area contributed by atoms with Gasteiger partial charge in [0.05, 0.1) is 10.8 Å². The van der Waals surface area contributed by atoms with Crippen molar-refractivity contribution in [2.75, 3.05) is 0 Å². The molecule has 7 aromatic carbocycles. The van der Waals surface area contributed by atoms with Gasteiger partial charge in [-0.1, -0.05) is 176 Å². The van der Waals surface area contributed by atoms with Gasteiger partial charge in [-0.2, -0.15) is 0 Å². The largest absolute Gasteiger partial charge is 0.309 e. The standard InChI is InChI=1S/C56H39OP/c57-58(36-16-2-1-3-17-36,37-30-32-45-43-22-8-14-28-51(43)55(53(45)34-37)47-24-10-4-18-39(47)40-19-5-11-25-48(40)55)38-31-33-46-44-23-9-15-29-52(44)56(54(46)35-38)49-26-12-6-20-41(49)42-21-7-13-27-50(42)56/h1-6,9-20,23-35H,7-8,21-22H2. The Kier molecular flexibility index (Phi) is 6.59. The normalized spacial score (nSPS) is 20.3. The zero-order valence-electron chi connectivity index (χ0n) is 32.1. The van der Waals surface area contributed by atoms with Gasteiger partial charge in [0.25, 0.3) is 0 Å². The molecule has 0 amide bonds. The quantitative estimate of drug-likeness (QED) is 0.164. The molecule has 2 atom stereocenters. The molecule has 7 aromatic rings. The maximum Gasteiger partial charge on any atom is 0.171 e. The highest BCUT2D eigenvalue weighted by Gasteiger charge is 2.55. The minimum absolute atomic E-state index is 0.471. The lowest BCUT2D eigenvalue weighted by Crippen LogP contribution is -2.31. The molecule has 0 radical (unpaired) electrons. The molecule has 2 unspecified atom stereocenters. The summed E-state index contributed by atoms with van der Waals surface area (Å²) in [6, 6.07) is 60.0. The summed E-state index contributed by atoms with van der Waals surface area (Å²) >= 11 is 0. The lowest BCUT2D eigenvalue weighted by Gasteiger charge is -2.33. The van der Waals surface area contributed by atoms with Crippen molar-refractivity contribution in [3.05, 3.63) is 244 Å². The first-order chi connectivity index (χ1) is 28.7. The first kappa shape index (κ1) is 32.8. The molecule has 0 aliphatic heterocycles. The number of rotatable bonds is 3. The van der Waals surface area contributed by atoms with Crippen LogP contribution >= 0.6 is 7.14 Å². The molecule has 0 fully saturated rings. The number of allylic oxidation sites excluding steroid dienone is 8. The molecule has 2 heteroatoms. The van der Waals surface area contributed by atoms with Crippen molar-refractivity contribution < 1.29 is 4.57 Å². The zero-order chi connectivity index (χ0) is 38.2. The molecule has 6 aliphatic carbocycles. The van der Waals surface area contributed by atoms with Crippen LogP contribution < -0.4 is 15.9 Å². The van der Waals surface area contributed by atoms with Crippen molar-refractivity contribution in [1.82, 2.24) is 0 Å². The number of benzene rings is 7. The molecule has 0 heterocycles. The molecule has 0 saturated heterocycles. The second kappa shape index (κ2) is 11.7. The van der Waals surface area contributed by atoms with Crippen LogP contribution in [0, 0.1) is 0 Å². The van der Waals surface area contributed by atoms with Crippen molar-refractivity contribution in [1.29, 1.82) is 0 Å². The monoisotopic (exact) mass is 758 g/mol. The molecular weight excluding hydrogens is 720 g/mol. The van der Waals surface area contributed by atoms with Crippen molar-refractivity contribution in [2.45, 2.75) is 36.5 Å². The van der Waals surface area contributed by atoms with E-state index in [0.717, 1.165) is 41.6 Å². The smallest absolute Gasteiger partial charge is 0.171 e. The topological polar surface area (TPSA) is 17.1 Å². The van der Waals surface area contributed by atoms with Crippen LogP contribution in [0.2, 0.25) is 0 Å². The second-order valence-corrected chi connectivity index (χ2v) is 19.5. The van der Waals surface area contributed by atoms with Gasteiger partial charge in [0.1, 0.15) is 0 Å². The van der Waals surface area contributed by atoms with E-state index in [9.17, 15) is 0 Å². The van der Waals surface area contributed by atoms with Gasteiger partial charge in [-0.05, 0) is 127 Å². The Morgan fingerprint density at radius 2 is 0.741 bits per heavy atom. The average molecular weight is 759 g/mol. The van der Waals surface area contributed by atoms with E-state index < -0.39 is 18.0 Å². The fraction of sp³-hybridized carbons (Fsp3) is 0.107. The SMILES string of the molecule is O=P(c1ccccc1)(c1ccc2c(c1)C1(C3=C2CCC=C3)c2ccccc2-c2ccccc21)c1ccc2c(c1)C1(C3=C(CCC=C3)c3ccccc31)c1ccccc1-2. The van der Waals surface area contributed by atoms with E-state index in [1.807, 2.05) is 18.2 Å². The highest BCUT2D eigenvalue weighted by Crippen LogP contribution is 2.65. The van der Waals surface area contributed by atoms with Crippen LogP contribution in [0.1, 0.15) is 70.2 Å². The van der Waals surface area contributed by atoms with Gasteiger partial charge < -0.3 is 4.57 Å². The third-order valence-electron chi connectivity index (χ3n) is 14.4. The average Bonchev–Trinajstić information content (AvgIpc) is 3.98. The molecule has 0 N–H and O–H groups in total. The first-order valence-corrected chi connectivity index (χ1v) is 22.5. The van der Waals surface area contributed by atoms with Crippen LogP contribution in [0.25, 0.3) is 33.4 Å². The van der Waals surface area contributed by atoms with Crippen molar-refractivity contribution in [3.63, 3.8) is 0 Å². The Balaban J connectivity index is 1.09. The fourth-order valence-corrected chi connectivity index (χ4v) is 14.9. The van der Waals surface area contributed by atoms with Crippen molar-refractivity contribution >= 4 is 34.2 Å². The van der Waals surface area contributed by atoms with E-state index in [1.165, 1.54) is 89.1 Å². The molecule has 58 heavy (non-hydrogen) atoms. The van der Waals surface area contributed by atoms with E-state index in [1.54, 1.807) is 0 Å². The maximum absolute atomic E-state index is 17.0. The lowest BCUT2D eigenvalue weighted by molar-refractivity contribution is 0.592. The van der Waals surface area contributed by atoms with E-state index >= 15 is 4.57 Å². The molecule has 0 saturated carbocycles. The lowest BCUT2D eigenvalue weighted by atomic mass is 9.69. The molecule has 6 aliphatic rings. The first-order valence-electron chi connectivity index (χ1n) is 20.8. The summed E-state index contributed by atoms with van der Waals surface area (Å²) in [4.78, 5) is 0. The third kappa shape index (κ3) is 3.82. The summed E-state index contributed by atoms with van der Waals surface area (Å²) in [5.41, 5.74) is 20.2. The van der Waals surface area contributed by atoms with Gasteiger partial charge in [-0.15, -0.1) is 0 Å². The van der Waals surface area contributed by atoms with Crippen molar-refractivity contribution in [2.24, 2.45) is 0 Å². The van der Waals surface area contributed by atoms with Gasteiger partial charge in [0, 0.05) is 15.9 Å². The van der Waals surface area contributed by atoms with Gasteiger partial charge in [0.2, 0.25) is 0 Å². The van der Waals surface area contributed by atoms with E-state index in [4.69, 9.17) is 0 Å². The van der Waals surface area contributed by atoms with Crippen LogP contribution in [0.15, 0.2) is 199 Å². The third-order valence-corrected chi connectivity index (χ3v) is 17.4. The van der Waals surface area contributed by atoms with Crippen LogP contribution in [0.5, 0.6) is 0 Å². The Labute approximate surface area is 339 Å². The highest BCUT2D eigenvalue weighted by atomic mass is 31.2. The van der Waals surface area contributed by atoms with E-state index in [2.05, 4.69) is 170 Å². The second-order valence-electron chi connectivity index (χ2n) is 16.8. The number of hydrogen-bond acceptors (Lipinski definition) is 1. The Morgan fingerprint density at radius 1 is 0.362 bits per heavy atom. The molecule has 274 valence electrons. The van der Waals surface area contributed by atoms with Gasteiger partial charge in [-0.3, -0.25) is 0 Å². The Morgan fingerprint density at radius 3 is 1.26 bits per heavy atom. The van der Waals surface area contributed by atoms with Gasteiger partial charge >= 0.3 is 0 Å². The summed E-state index contributed by atoms with van der Waals surface area (Å²) in [5, 5.41) is 2.63. The summed E-state index contributed by atoms with van der Waals surface area (Å²) in [5.74, 6) is 0. The van der Waals surface area contributed by atoms with Crippen LogP contribution in [0.4, 0.5) is 0 Å². The summed E-state index contributed by atoms with van der Waals surface area (Å²) in [6.07, 6.45) is 13.6. The predicted molar refractivity (Wildman–Crippen MR) is 240 cm³/mol. The zero-order valence-corrected chi connectivity index (χ0v) is 33.0. The van der Waals surface area contributed by atoms with Gasteiger partial charge in [0.15, 0.2) is 7.14 Å². The predicted octanol–water partition coefficient (Wildman–Crippen LogP) is 12.2. The minimum Gasteiger partial charge on any atom is -0.309 e. The van der Waals surface area contributed by atoms with Gasteiger partial charge in [-0.25, -0.2) is 0 Å². The molecule has 1 nitrogen and oxygen atoms in total. The molecule has 0 bridgehead atoms. The fourth-order valence-electron chi connectivity index (χ4n) is 12.2. The summed E-state index contributed by atoms with van der Waals surface area (Å²) in [7, 11) is -3.45. The molecule has 0 aromatic heterocycles. The van der Waals surface area contributed by atoms with E-state index in [0.29, 0.717) is 0 Å². The van der Waals surface area contributed by atoms with Crippen LogP contribution in [-0.4, -0.2) is 0 Å². The molecule has 13 rings (SSSR count). The van der Waals surface area contributed by atoms with Crippen molar-refractivity contribution in [3.8, 4) is 22.3 Å². The summed E-state index contributed by atoms with van der Waals surface area (Å²) < 4.78 is 17.0.